The number of rotatable bonds is 7. The summed E-state index contributed by atoms with van der Waals surface area (Å²) in [5.41, 5.74) is 5.92. The number of carboxylic acid groups (broad SMARTS) is 1. The second kappa shape index (κ2) is 6.53. The molecule has 1 saturated carbocycles. The quantitative estimate of drug-likeness (QED) is 0.592. The molecule has 9 heteroatoms. The number of thiazole rings is 1. The summed E-state index contributed by atoms with van der Waals surface area (Å²) < 4.78 is 0. The Hall–Kier alpha value is -2.16. The lowest BCUT2D eigenvalue weighted by Crippen LogP contribution is -2.43. The summed E-state index contributed by atoms with van der Waals surface area (Å²) in [5, 5.41) is 16.1. The number of carboxylic acids is 1. The lowest BCUT2D eigenvalue weighted by Gasteiger charge is -2.13. The molecule has 1 atom stereocenters. The first-order valence-corrected chi connectivity index (χ1v) is 7.37. The van der Waals surface area contributed by atoms with E-state index in [9.17, 15) is 14.4 Å². The highest BCUT2D eigenvalue weighted by molar-refractivity contribution is 7.13. The number of nitrogens with zero attached hydrogens (tertiary/aromatic N) is 1. The average Bonchev–Trinajstić information content (AvgIpc) is 3.15. The molecule has 8 nitrogen and oxygen atoms in total. The van der Waals surface area contributed by atoms with Crippen molar-refractivity contribution in [1.29, 1.82) is 0 Å². The second-order valence-electron chi connectivity index (χ2n) is 4.85. The lowest BCUT2D eigenvalue weighted by atomic mass is 10.1. The van der Waals surface area contributed by atoms with E-state index < -0.39 is 23.9 Å². The van der Waals surface area contributed by atoms with Crippen LogP contribution in [0.4, 0.5) is 9.93 Å². The van der Waals surface area contributed by atoms with Crippen LogP contribution in [0.2, 0.25) is 0 Å². The van der Waals surface area contributed by atoms with Gasteiger partial charge in [-0.05, 0) is 19.3 Å². The van der Waals surface area contributed by atoms with Crippen LogP contribution in [-0.4, -0.2) is 34.0 Å². The van der Waals surface area contributed by atoms with Gasteiger partial charge in [-0.2, -0.15) is 0 Å². The Balaban J connectivity index is 1.85. The van der Waals surface area contributed by atoms with Gasteiger partial charge < -0.3 is 16.2 Å². The minimum absolute atomic E-state index is 0.0523. The number of aliphatic carboxylic acids is 1. The molecule has 2 rings (SSSR count). The minimum atomic E-state index is -1.22. The lowest BCUT2D eigenvalue weighted by molar-refractivity contribution is -0.139. The highest BCUT2D eigenvalue weighted by Crippen LogP contribution is 2.40. The number of primary amides is 1. The Morgan fingerprint density at radius 3 is 2.76 bits per heavy atom. The Labute approximate surface area is 124 Å². The molecule has 1 fully saturated rings. The third-order valence-corrected chi connectivity index (χ3v) is 3.80. The van der Waals surface area contributed by atoms with Crippen molar-refractivity contribution >= 4 is 34.4 Å². The van der Waals surface area contributed by atoms with Gasteiger partial charge in [0.05, 0.1) is 5.69 Å². The maximum absolute atomic E-state index is 11.7. The molecule has 1 aliphatic rings. The fourth-order valence-electron chi connectivity index (χ4n) is 1.75. The molecule has 0 aromatic carbocycles. The van der Waals surface area contributed by atoms with Gasteiger partial charge >= 0.3 is 12.0 Å². The highest BCUT2D eigenvalue weighted by atomic mass is 32.1. The van der Waals surface area contributed by atoms with Gasteiger partial charge in [0.1, 0.15) is 6.04 Å². The van der Waals surface area contributed by atoms with Crippen LogP contribution in [0.5, 0.6) is 0 Å². The molecule has 1 aliphatic carbocycles. The molecule has 3 amide bonds. The topological polar surface area (TPSA) is 134 Å². The molecule has 21 heavy (non-hydrogen) atoms. The predicted octanol–water partition coefficient (Wildman–Crippen LogP) is 0.861. The third-order valence-electron chi connectivity index (χ3n) is 3.02. The van der Waals surface area contributed by atoms with Crippen molar-refractivity contribution in [1.82, 2.24) is 10.3 Å². The van der Waals surface area contributed by atoms with Gasteiger partial charge in [-0.15, -0.1) is 11.3 Å². The van der Waals surface area contributed by atoms with E-state index in [0.29, 0.717) is 11.0 Å². The fourth-order valence-corrected chi connectivity index (χ4v) is 2.53. The molecule has 0 saturated heterocycles. The summed E-state index contributed by atoms with van der Waals surface area (Å²) >= 11 is 1.30. The van der Waals surface area contributed by atoms with Crippen LogP contribution < -0.4 is 16.4 Å². The zero-order valence-electron chi connectivity index (χ0n) is 11.2. The van der Waals surface area contributed by atoms with Gasteiger partial charge in [-0.25, -0.2) is 14.6 Å². The molecule has 0 aliphatic heterocycles. The van der Waals surface area contributed by atoms with Crippen molar-refractivity contribution in [3.63, 3.8) is 0 Å². The molecule has 0 spiro atoms. The number of urea groups is 1. The maximum atomic E-state index is 11.7. The zero-order valence-corrected chi connectivity index (χ0v) is 12.0. The summed E-state index contributed by atoms with van der Waals surface area (Å²) in [7, 11) is 0. The largest absolute Gasteiger partial charge is 0.480 e. The summed E-state index contributed by atoms with van der Waals surface area (Å²) in [4.78, 5) is 37.7. The number of nitrogens with two attached hydrogens (primary N) is 1. The number of carbonyl (C=O) groups is 3. The molecule has 1 aromatic heterocycles. The number of carbonyl (C=O) groups excluding carboxylic acids is 2. The molecule has 0 bridgehead atoms. The summed E-state index contributed by atoms with van der Waals surface area (Å²) in [6, 6.07) is -1.83. The fraction of sp³-hybridized carbons (Fsp3) is 0.500. The van der Waals surface area contributed by atoms with Crippen LogP contribution >= 0.6 is 11.3 Å². The van der Waals surface area contributed by atoms with Crippen LogP contribution in [-0.2, 0) is 9.59 Å². The van der Waals surface area contributed by atoms with E-state index in [0.717, 1.165) is 18.5 Å². The number of hydrogen-bond donors (Lipinski definition) is 4. The molecule has 5 N–H and O–H groups in total. The highest BCUT2D eigenvalue weighted by Gasteiger charge is 2.26. The maximum Gasteiger partial charge on any atom is 0.326 e. The van der Waals surface area contributed by atoms with Gasteiger partial charge in [0, 0.05) is 17.7 Å². The van der Waals surface area contributed by atoms with E-state index in [1.807, 2.05) is 5.38 Å². The van der Waals surface area contributed by atoms with E-state index in [4.69, 9.17) is 10.8 Å². The van der Waals surface area contributed by atoms with Gasteiger partial charge in [-0.1, -0.05) is 0 Å². The Morgan fingerprint density at radius 1 is 1.48 bits per heavy atom. The van der Waals surface area contributed by atoms with Crippen LogP contribution in [0.25, 0.3) is 0 Å². The number of hydrogen-bond acceptors (Lipinski definition) is 5. The van der Waals surface area contributed by atoms with Crippen LogP contribution in [0.1, 0.15) is 37.3 Å². The molecule has 0 radical (unpaired) electrons. The standard InChI is InChI=1S/C12H16N4O4S/c13-9(17)4-3-7(10(18)19)14-11(20)16-12-15-8(5-21-12)6-1-2-6/h5-7H,1-4H2,(H2,13,17)(H,18,19)(H2,14,15,16,20)/t7-/m1/s1. The van der Waals surface area contributed by atoms with E-state index >= 15 is 0 Å². The van der Waals surface area contributed by atoms with E-state index in [1.165, 1.54) is 11.3 Å². The van der Waals surface area contributed by atoms with E-state index in [-0.39, 0.29) is 12.8 Å². The van der Waals surface area contributed by atoms with Gasteiger partial charge in [0.2, 0.25) is 5.91 Å². The molecule has 1 heterocycles. The van der Waals surface area contributed by atoms with Crippen molar-refractivity contribution in [2.45, 2.75) is 37.6 Å². The summed E-state index contributed by atoms with van der Waals surface area (Å²) in [5.74, 6) is -1.34. The Bertz CT molecular complexity index is 555. The molecule has 0 unspecified atom stereocenters. The first-order valence-electron chi connectivity index (χ1n) is 6.49. The van der Waals surface area contributed by atoms with Gasteiger partial charge in [0.15, 0.2) is 5.13 Å². The second-order valence-corrected chi connectivity index (χ2v) is 5.70. The van der Waals surface area contributed by atoms with Crippen molar-refractivity contribution < 1.29 is 19.5 Å². The first-order chi connectivity index (χ1) is 9.95. The zero-order chi connectivity index (χ0) is 15.4. The third kappa shape index (κ3) is 4.71. The molecular weight excluding hydrogens is 296 g/mol. The van der Waals surface area contributed by atoms with E-state index in [1.54, 1.807) is 0 Å². The van der Waals surface area contributed by atoms with Crippen molar-refractivity contribution in [3.05, 3.63) is 11.1 Å². The van der Waals surface area contributed by atoms with Gasteiger partial charge in [-0.3, -0.25) is 10.1 Å². The number of nitrogens with one attached hydrogen (secondary N) is 2. The monoisotopic (exact) mass is 312 g/mol. The number of aromatic nitrogens is 1. The number of anilines is 1. The van der Waals surface area contributed by atoms with Crippen LogP contribution in [0, 0.1) is 0 Å². The van der Waals surface area contributed by atoms with Gasteiger partial charge in [0.25, 0.3) is 0 Å². The SMILES string of the molecule is NC(=O)CC[C@@H](NC(=O)Nc1nc(C2CC2)cs1)C(=O)O. The normalized spacial score (nSPS) is 15.2. The van der Waals surface area contributed by atoms with Crippen LogP contribution in [0.3, 0.4) is 0 Å². The molecule has 1 aromatic rings. The summed E-state index contributed by atoms with van der Waals surface area (Å²) in [6.07, 6.45) is 2.07. The number of amides is 3. The average molecular weight is 312 g/mol. The molecule has 114 valence electrons. The van der Waals surface area contributed by atoms with E-state index in [2.05, 4.69) is 15.6 Å². The van der Waals surface area contributed by atoms with Crippen molar-refractivity contribution in [2.24, 2.45) is 5.73 Å². The van der Waals surface area contributed by atoms with Crippen molar-refractivity contribution in [2.75, 3.05) is 5.32 Å². The minimum Gasteiger partial charge on any atom is -0.480 e. The Morgan fingerprint density at radius 2 is 2.19 bits per heavy atom. The van der Waals surface area contributed by atoms with Crippen LogP contribution in [0.15, 0.2) is 5.38 Å². The molecular formula is C12H16N4O4S. The Kier molecular flexibility index (Phi) is 4.73. The predicted molar refractivity (Wildman–Crippen MR) is 76.1 cm³/mol. The first kappa shape index (κ1) is 15.2. The smallest absolute Gasteiger partial charge is 0.326 e. The summed E-state index contributed by atoms with van der Waals surface area (Å²) in [6.45, 7) is 0. The van der Waals surface area contributed by atoms with Crippen molar-refractivity contribution in [3.8, 4) is 0 Å².